The second-order valence-electron chi connectivity index (χ2n) is 5.84. The van der Waals surface area contributed by atoms with Crippen molar-refractivity contribution in [1.82, 2.24) is 15.1 Å². The van der Waals surface area contributed by atoms with Crippen molar-refractivity contribution < 1.29 is 22.7 Å². The van der Waals surface area contributed by atoms with Crippen LogP contribution in [-0.2, 0) is 6.18 Å². The van der Waals surface area contributed by atoms with Crippen LogP contribution in [0.5, 0.6) is 5.88 Å². The number of aromatic nitrogens is 2. The highest BCUT2D eigenvalue weighted by molar-refractivity contribution is 5.96. The summed E-state index contributed by atoms with van der Waals surface area (Å²) in [5, 5.41) is 7.77. The molecule has 2 aromatic rings. The van der Waals surface area contributed by atoms with E-state index in [-0.39, 0.29) is 18.2 Å². The number of likely N-dealkylation sites (tertiary alicyclic amines) is 1. The molecule has 1 aliphatic rings. The molecule has 1 aromatic heterocycles. The summed E-state index contributed by atoms with van der Waals surface area (Å²) < 4.78 is 44.9. The summed E-state index contributed by atoms with van der Waals surface area (Å²) in [7, 11) is 0. The predicted octanol–water partition coefficient (Wildman–Crippen LogP) is 3.10. The Morgan fingerprint density at radius 2 is 1.96 bits per heavy atom. The van der Waals surface area contributed by atoms with Crippen molar-refractivity contribution in [2.45, 2.75) is 25.6 Å². The number of benzene rings is 1. The van der Waals surface area contributed by atoms with E-state index in [1.54, 1.807) is 19.1 Å². The molecule has 1 aliphatic heterocycles. The fraction of sp³-hybridized carbons (Fsp3) is 0.353. The van der Waals surface area contributed by atoms with Crippen LogP contribution < -0.4 is 4.74 Å². The van der Waals surface area contributed by atoms with E-state index >= 15 is 0 Å². The lowest BCUT2D eigenvalue weighted by molar-refractivity contribution is -0.138. The first kappa shape index (κ1) is 17.2. The highest BCUT2D eigenvalue weighted by atomic mass is 19.4. The molecule has 2 heterocycles. The average molecular weight is 351 g/mol. The van der Waals surface area contributed by atoms with Crippen LogP contribution in [0.3, 0.4) is 0 Å². The minimum Gasteiger partial charge on any atom is -0.471 e. The van der Waals surface area contributed by atoms with Crippen LogP contribution >= 0.6 is 0 Å². The van der Waals surface area contributed by atoms with Gasteiger partial charge < -0.3 is 9.64 Å². The normalized spacial score (nSPS) is 17.6. The van der Waals surface area contributed by atoms with Crippen LogP contribution in [0.4, 0.5) is 13.2 Å². The Morgan fingerprint density at radius 3 is 2.64 bits per heavy atom. The summed E-state index contributed by atoms with van der Waals surface area (Å²) in [6.07, 6.45) is -4.37. The van der Waals surface area contributed by atoms with Crippen LogP contribution in [0.2, 0.25) is 0 Å². The molecule has 25 heavy (non-hydrogen) atoms. The molecular formula is C17H16F3N3O2. The van der Waals surface area contributed by atoms with Crippen LogP contribution in [0, 0.1) is 6.92 Å². The Morgan fingerprint density at radius 1 is 1.20 bits per heavy atom. The Bertz CT molecular complexity index is 762. The molecule has 1 unspecified atom stereocenters. The van der Waals surface area contributed by atoms with Gasteiger partial charge in [0, 0.05) is 19.0 Å². The van der Waals surface area contributed by atoms with E-state index in [0.717, 1.165) is 11.8 Å². The molecule has 132 valence electrons. The zero-order chi connectivity index (χ0) is 18.0. The van der Waals surface area contributed by atoms with Crippen LogP contribution in [0.25, 0.3) is 0 Å². The topological polar surface area (TPSA) is 55.3 Å². The maximum Gasteiger partial charge on any atom is 0.417 e. The molecule has 0 spiro atoms. The third-order valence-electron chi connectivity index (χ3n) is 3.96. The summed E-state index contributed by atoms with van der Waals surface area (Å²) in [4.78, 5) is 13.9. The number of aryl methyl sites for hydroxylation is 1. The molecule has 1 aromatic carbocycles. The van der Waals surface area contributed by atoms with Gasteiger partial charge in [0.2, 0.25) is 5.88 Å². The second kappa shape index (κ2) is 6.70. The van der Waals surface area contributed by atoms with E-state index < -0.39 is 17.6 Å². The summed E-state index contributed by atoms with van der Waals surface area (Å²) in [5.74, 6) is -0.311. The first-order valence-electron chi connectivity index (χ1n) is 7.77. The first-order valence-corrected chi connectivity index (χ1v) is 7.77. The monoisotopic (exact) mass is 351 g/mol. The van der Waals surface area contributed by atoms with Gasteiger partial charge >= 0.3 is 6.18 Å². The van der Waals surface area contributed by atoms with Gasteiger partial charge in [-0.05, 0) is 25.1 Å². The van der Waals surface area contributed by atoms with Gasteiger partial charge in [0.1, 0.15) is 6.10 Å². The fourth-order valence-electron chi connectivity index (χ4n) is 2.72. The molecule has 8 heteroatoms. The van der Waals surface area contributed by atoms with Crippen molar-refractivity contribution in [1.29, 1.82) is 0 Å². The highest BCUT2D eigenvalue weighted by Gasteiger charge is 2.37. The number of carbonyl (C=O) groups is 1. The largest absolute Gasteiger partial charge is 0.471 e. The minimum atomic E-state index is -4.57. The molecule has 5 nitrogen and oxygen atoms in total. The van der Waals surface area contributed by atoms with E-state index in [1.807, 2.05) is 0 Å². The number of rotatable bonds is 3. The van der Waals surface area contributed by atoms with Crippen molar-refractivity contribution in [2.24, 2.45) is 0 Å². The van der Waals surface area contributed by atoms with Gasteiger partial charge in [-0.1, -0.05) is 12.1 Å². The van der Waals surface area contributed by atoms with Crippen molar-refractivity contribution in [3.05, 3.63) is 53.2 Å². The van der Waals surface area contributed by atoms with Crippen molar-refractivity contribution in [3.63, 3.8) is 0 Å². The lowest BCUT2D eigenvalue weighted by Gasteiger charge is -2.19. The molecular weight excluding hydrogens is 335 g/mol. The molecule has 1 amide bonds. The maximum atomic E-state index is 13.1. The molecule has 1 fully saturated rings. The molecule has 3 rings (SSSR count). The molecule has 1 atom stereocenters. The third kappa shape index (κ3) is 3.89. The molecule has 0 N–H and O–H groups in total. The van der Waals surface area contributed by atoms with E-state index in [4.69, 9.17) is 4.74 Å². The first-order chi connectivity index (χ1) is 11.8. The number of hydrogen-bond donors (Lipinski definition) is 0. The molecule has 0 saturated carbocycles. The Balaban J connectivity index is 1.70. The third-order valence-corrected chi connectivity index (χ3v) is 3.96. The smallest absolute Gasteiger partial charge is 0.417 e. The Hall–Kier alpha value is -2.64. The van der Waals surface area contributed by atoms with Crippen LogP contribution in [0.1, 0.15) is 28.0 Å². The van der Waals surface area contributed by atoms with Gasteiger partial charge in [0.15, 0.2) is 0 Å². The van der Waals surface area contributed by atoms with Gasteiger partial charge in [-0.25, -0.2) is 0 Å². The second-order valence-corrected chi connectivity index (χ2v) is 5.84. The highest BCUT2D eigenvalue weighted by Crippen LogP contribution is 2.33. The summed E-state index contributed by atoms with van der Waals surface area (Å²) in [6, 6.07) is 8.23. The Kier molecular flexibility index (Phi) is 4.61. The zero-order valence-electron chi connectivity index (χ0n) is 13.5. The van der Waals surface area contributed by atoms with Gasteiger partial charge in [0.05, 0.1) is 23.4 Å². The minimum absolute atomic E-state index is 0.209. The number of halogens is 3. The van der Waals surface area contributed by atoms with Crippen molar-refractivity contribution >= 4 is 5.91 Å². The molecule has 1 saturated heterocycles. The lowest BCUT2D eigenvalue weighted by atomic mass is 10.1. The predicted molar refractivity (Wildman–Crippen MR) is 83.1 cm³/mol. The van der Waals surface area contributed by atoms with E-state index in [0.29, 0.717) is 18.8 Å². The summed E-state index contributed by atoms with van der Waals surface area (Å²) in [6.45, 7) is 2.33. The number of nitrogens with zero attached hydrogens (tertiary/aromatic N) is 3. The fourth-order valence-corrected chi connectivity index (χ4v) is 2.72. The van der Waals surface area contributed by atoms with E-state index in [9.17, 15) is 18.0 Å². The quantitative estimate of drug-likeness (QED) is 0.853. The molecule has 0 aliphatic carbocycles. The summed E-state index contributed by atoms with van der Waals surface area (Å²) in [5.41, 5.74) is -0.515. The van der Waals surface area contributed by atoms with Crippen LogP contribution in [0.15, 0.2) is 36.4 Å². The number of hydrogen-bond acceptors (Lipinski definition) is 4. The molecule has 0 bridgehead atoms. The van der Waals surface area contributed by atoms with Gasteiger partial charge in [0.25, 0.3) is 5.91 Å². The average Bonchev–Trinajstić information content (AvgIpc) is 3.04. The SMILES string of the molecule is Cc1ccc(OC2CCN(C(=O)c3ccccc3C(F)(F)F)C2)nn1. The summed E-state index contributed by atoms with van der Waals surface area (Å²) >= 11 is 0. The van der Waals surface area contributed by atoms with Crippen LogP contribution in [-0.4, -0.2) is 40.2 Å². The van der Waals surface area contributed by atoms with E-state index in [2.05, 4.69) is 10.2 Å². The number of amides is 1. The molecule has 0 radical (unpaired) electrons. The Labute approximate surface area is 142 Å². The van der Waals surface area contributed by atoms with Crippen molar-refractivity contribution in [3.8, 4) is 5.88 Å². The number of carbonyl (C=O) groups excluding carboxylic acids is 1. The standard InChI is InChI=1S/C17H16F3N3O2/c1-11-6-7-15(22-21-11)25-12-8-9-23(10-12)16(24)13-4-2-3-5-14(13)17(18,19)20/h2-7,12H,8-10H2,1H3. The number of alkyl halides is 3. The maximum absolute atomic E-state index is 13.1. The van der Waals surface area contributed by atoms with Gasteiger partial charge in [-0.15, -0.1) is 5.10 Å². The lowest BCUT2D eigenvalue weighted by Crippen LogP contribution is -2.32. The number of ether oxygens (including phenoxy) is 1. The van der Waals surface area contributed by atoms with E-state index in [1.165, 1.54) is 23.1 Å². The van der Waals surface area contributed by atoms with Gasteiger partial charge in [-0.2, -0.15) is 18.3 Å². The van der Waals surface area contributed by atoms with Crippen molar-refractivity contribution in [2.75, 3.05) is 13.1 Å². The van der Waals surface area contributed by atoms with Gasteiger partial charge in [-0.3, -0.25) is 4.79 Å². The zero-order valence-corrected chi connectivity index (χ0v) is 13.5.